The van der Waals surface area contributed by atoms with Gasteiger partial charge in [-0.2, -0.15) is 0 Å². The predicted molar refractivity (Wildman–Crippen MR) is 127 cm³/mol. The van der Waals surface area contributed by atoms with Crippen LogP contribution in [0.1, 0.15) is 51.4 Å². The maximum Gasteiger partial charge on any atom is 0.0268 e. The molecule has 1 fully saturated rings. The predicted octanol–water partition coefficient (Wildman–Crippen LogP) is 1.24. The Morgan fingerprint density at radius 2 is 1.13 bits per heavy atom. The van der Waals surface area contributed by atoms with Crippen LogP contribution in [0.3, 0.4) is 0 Å². The van der Waals surface area contributed by atoms with Crippen molar-refractivity contribution >= 4 is 0 Å². The first-order valence-corrected chi connectivity index (χ1v) is 12.4. The summed E-state index contributed by atoms with van der Waals surface area (Å²) in [6.07, 6.45) is 18.7. The van der Waals surface area contributed by atoms with Crippen LogP contribution in [0.25, 0.3) is 0 Å². The van der Waals surface area contributed by atoms with Crippen LogP contribution in [0, 0.1) is 11.8 Å². The van der Waals surface area contributed by atoms with Gasteiger partial charge in [0.05, 0.1) is 0 Å². The molecule has 0 heterocycles. The van der Waals surface area contributed by atoms with Crippen molar-refractivity contribution in [3.63, 3.8) is 0 Å². The molecule has 4 unspecified atom stereocenters. The van der Waals surface area contributed by atoms with Crippen LogP contribution in [0.5, 0.6) is 0 Å². The molecular weight excluding hydrogens is 372 g/mol. The van der Waals surface area contributed by atoms with Gasteiger partial charge >= 0.3 is 0 Å². The van der Waals surface area contributed by atoms with Crippen molar-refractivity contribution < 1.29 is 0 Å². The van der Waals surface area contributed by atoms with Crippen LogP contribution in [0.4, 0.5) is 0 Å². The highest BCUT2D eigenvalue weighted by molar-refractivity contribution is 5.08. The Hall–Kier alpha value is -0.760. The monoisotopic (exact) mass is 418 g/mol. The molecule has 0 aromatic rings. The molecule has 8 N–H and O–H groups in total. The van der Waals surface area contributed by atoms with E-state index in [1.807, 2.05) is 0 Å². The summed E-state index contributed by atoms with van der Waals surface area (Å²) in [5, 5.41) is 14.6. The fourth-order valence-corrected chi connectivity index (χ4v) is 5.14. The maximum atomic E-state index is 5.90. The van der Waals surface area contributed by atoms with Gasteiger partial charge in [-0.15, -0.1) is 0 Å². The largest absolute Gasteiger partial charge is 0.324 e. The number of rotatable bonds is 14. The van der Waals surface area contributed by atoms with Crippen LogP contribution in [-0.2, 0) is 0 Å². The first-order valence-electron chi connectivity index (χ1n) is 12.4. The third kappa shape index (κ3) is 9.16. The lowest BCUT2D eigenvalue weighted by Crippen LogP contribution is -2.35. The Morgan fingerprint density at radius 1 is 0.633 bits per heavy atom. The van der Waals surface area contributed by atoms with Crippen molar-refractivity contribution in [1.82, 2.24) is 21.3 Å². The SMILES string of the molecule is N[C@@H]1C=CC(NCCCNCC2CCCC(CNCCCNC3C=C[C@H](N)C3)C2)C1. The van der Waals surface area contributed by atoms with E-state index >= 15 is 0 Å². The lowest BCUT2D eigenvalue weighted by Gasteiger charge is -2.29. The second-order valence-corrected chi connectivity index (χ2v) is 9.70. The molecule has 3 rings (SSSR count). The van der Waals surface area contributed by atoms with E-state index in [1.165, 1.54) is 51.6 Å². The maximum absolute atomic E-state index is 5.90. The molecule has 172 valence electrons. The molecule has 6 nitrogen and oxygen atoms in total. The van der Waals surface area contributed by atoms with Crippen molar-refractivity contribution in [1.29, 1.82) is 0 Å². The molecule has 30 heavy (non-hydrogen) atoms. The summed E-state index contributed by atoms with van der Waals surface area (Å²) in [6, 6.07) is 1.47. The van der Waals surface area contributed by atoms with E-state index < -0.39 is 0 Å². The van der Waals surface area contributed by atoms with E-state index in [1.54, 1.807) is 0 Å². The molecule has 0 spiro atoms. The van der Waals surface area contributed by atoms with Crippen molar-refractivity contribution in [2.75, 3.05) is 39.3 Å². The van der Waals surface area contributed by atoms with E-state index in [-0.39, 0.29) is 12.1 Å². The van der Waals surface area contributed by atoms with Crippen molar-refractivity contribution in [2.45, 2.75) is 75.5 Å². The highest BCUT2D eigenvalue weighted by Gasteiger charge is 2.21. The van der Waals surface area contributed by atoms with Crippen LogP contribution in [0.15, 0.2) is 24.3 Å². The fourth-order valence-electron chi connectivity index (χ4n) is 5.14. The Morgan fingerprint density at radius 3 is 1.57 bits per heavy atom. The molecule has 1 saturated carbocycles. The Balaban J connectivity index is 1.13. The van der Waals surface area contributed by atoms with E-state index in [4.69, 9.17) is 11.5 Å². The minimum absolute atomic E-state index is 0.250. The highest BCUT2D eigenvalue weighted by Crippen LogP contribution is 2.28. The molecular formula is C24H46N6. The van der Waals surface area contributed by atoms with Gasteiger partial charge in [0, 0.05) is 24.2 Å². The van der Waals surface area contributed by atoms with Gasteiger partial charge in [-0.3, -0.25) is 0 Å². The minimum atomic E-state index is 0.250. The van der Waals surface area contributed by atoms with Crippen LogP contribution in [0.2, 0.25) is 0 Å². The van der Waals surface area contributed by atoms with E-state index in [0.717, 1.165) is 50.9 Å². The lowest BCUT2D eigenvalue weighted by molar-refractivity contribution is 0.253. The van der Waals surface area contributed by atoms with Gasteiger partial charge in [0.25, 0.3) is 0 Å². The van der Waals surface area contributed by atoms with Crippen LogP contribution >= 0.6 is 0 Å². The topological polar surface area (TPSA) is 100 Å². The van der Waals surface area contributed by atoms with Gasteiger partial charge in [-0.1, -0.05) is 30.7 Å². The first kappa shape index (κ1) is 23.9. The number of hydrogen-bond acceptors (Lipinski definition) is 6. The summed E-state index contributed by atoms with van der Waals surface area (Å²) in [7, 11) is 0. The molecule has 6 heteroatoms. The number of nitrogens with one attached hydrogen (secondary N) is 4. The zero-order valence-electron chi connectivity index (χ0n) is 18.8. The molecule has 0 amide bonds. The van der Waals surface area contributed by atoms with Crippen LogP contribution < -0.4 is 32.7 Å². The average molecular weight is 419 g/mol. The zero-order valence-corrected chi connectivity index (χ0v) is 18.8. The third-order valence-electron chi connectivity index (χ3n) is 6.86. The van der Waals surface area contributed by atoms with Crippen LogP contribution in [-0.4, -0.2) is 63.4 Å². The smallest absolute Gasteiger partial charge is 0.0268 e. The summed E-state index contributed by atoms with van der Waals surface area (Å²) >= 11 is 0. The average Bonchev–Trinajstić information content (AvgIpc) is 3.35. The number of hydrogen-bond donors (Lipinski definition) is 6. The molecule has 6 atom stereocenters. The summed E-state index contributed by atoms with van der Waals surface area (Å²) in [6.45, 7) is 6.75. The van der Waals surface area contributed by atoms with E-state index in [2.05, 4.69) is 45.6 Å². The number of nitrogens with two attached hydrogens (primary N) is 2. The highest BCUT2D eigenvalue weighted by atomic mass is 14.9. The van der Waals surface area contributed by atoms with Crippen molar-refractivity contribution in [3.05, 3.63) is 24.3 Å². The Kier molecular flexibility index (Phi) is 10.8. The van der Waals surface area contributed by atoms with Crippen molar-refractivity contribution in [3.8, 4) is 0 Å². The molecule has 3 aliphatic carbocycles. The van der Waals surface area contributed by atoms with Gasteiger partial charge < -0.3 is 32.7 Å². The van der Waals surface area contributed by atoms with Crippen molar-refractivity contribution in [2.24, 2.45) is 23.3 Å². The Bertz CT molecular complexity index is 478. The van der Waals surface area contributed by atoms with Gasteiger partial charge in [0.1, 0.15) is 0 Å². The summed E-state index contributed by atoms with van der Waals surface area (Å²) in [4.78, 5) is 0. The summed E-state index contributed by atoms with van der Waals surface area (Å²) < 4.78 is 0. The second-order valence-electron chi connectivity index (χ2n) is 9.70. The standard InChI is InChI=1S/C24H46N6/c25-21-6-8-23(15-21)29-12-2-10-27-17-19-4-1-5-20(14-19)18-28-11-3-13-30-24-9-7-22(26)16-24/h6-9,19-24,27-30H,1-5,10-18,25-26H2/t19?,20?,21-,22+,23?,24?. The minimum Gasteiger partial charge on any atom is -0.324 e. The molecule has 3 aliphatic rings. The normalized spacial score (nSPS) is 33.5. The van der Waals surface area contributed by atoms with Gasteiger partial charge in [-0.25, -0.2) is 0 Å². The quantitative estimate of drug-likeness (QED) is 0.188. The molecule has 0 aromatic carbocycles. The second kappa shape index (κ2) is 13.6. The lowest BCUT2D eigenvalue weighted by atomic mass is 9.81. The zero-order chi connectivity index (χ0) is 21.0. The molecule has 0 bridgehead atoms. The molecule has 0 saturated heterocycles. The van der Waals surface area contributed by atoms with Gasteiger partial charge in [-0.05, 0) is 96.1 Å². The third-order valence-corrected chi connectivity index (χ3v) is 6.86. The molecule has 0 radical (unpaired) electrons. The molecule has 0 aliphatic heterocycles. The Labute approximate surface area is 184 Å². The fraction of sp³-hybridized carbons (Fsp3) is 0.833. The summed E-state index contributed by atoms with van der Waals surface area (Å²) in [5.74, 6) is 1.71. The van der Waals surface area contributed by atoms with E-state index in [9.17, 15) is 0 Å². The first-order chi connectivity index (χ1) is 14.7. The summed E-state index contributed by atoms with van der Waals surface area (Å²) in [5.41, 5.74) is 11.8. The van der Waals surface area contributed by atoms with Gasteiger partial charge in [0.15, 0.2) is 0 Å². The van der Waals surface area contributed by atoms with Gasteiger partial charge in [0.2, 0.25) is 0 Å². The molecule has 0 aromatic heterocycles. The van der Waals surface area contributed by atoms with E-state index in [0.29, 0.717) is 12.1 Å².